The molecule has 130 valence electrons. The highest BCUT2D eigenvalue weighted by atomic mass is 16.6. The number of hydrogen-bond acceptors (Lipinski definition) is 4. The Labute approximate surface area is 143 Å². The second kappa shape index (κ2) is 8.64. The van der Waals surface area contributed by atoms with Crippen LogP contribution in [0.1, 0.15) is 25.8 Å². The van der Waals surface area contributed by atoms with E-state index in [2.05, 4.69) is 6.58 Å². The molecule has 1 unspecified atom stereocenters. The number of nitrogens with zero attached hydrogens (tertiary/aromatic N) is 1. The molecule has 24 heavy (non-hydrogen) atoms. The minimum atomic E-state index is -0.559. The molecule has 1 fully saturated rings. The Hall–Kier alpha value is -2.14. The summed E-state index contributed by atoms with van der Waals surface area (Å²) in [4.78, 5) is 26.0. The van der Waals surface area contributed by atoms with Gasteiger partial charge in [0.15, 0.2) is 0 Å². The Balaban J connectivity index is 1.99. The van der Waals surface area contributed by atoms with Gasteiger partial charge in [0.2, 0.25) is 5.91 Å². The molecule has 0 spiro atoms. The number of imide groups is 1. The van der Waals surface area contributed by atoms with E-state index in [-0.39, 0.29) is 31.1 Å². The largest absolute Gasteiger partial charge is 0.447 e. The van der Waals surface area contributed by atoms with Gasteiger partial charge >= 0.3 is 6.09 Å². The lowest BCUT2D eigenvalue weighted by Gasteiger charge is -2.26. The number of ether oxygens (including phenoxy) is 2. The third-order valence-corrected chi connectivity index (χ3v) is 4.14. The molecule has 1 aromatic carbocycles. The van der Waals surface area contributed by atoms with Gasteiger partial charge in [0, 0.05) is 0 Å². The van der Waals surface area contributed by atoms with Gasteiger partial charge in [0.25, 0.3) is 0 Å². The van der Waals surface area contributed by atoms with Gasteiger partial charge in [0.1, 0.15) is 6.61 Å². The maximum atomic E-state index is 12.8. The fourth-order valence-electron chi connectivity index (χ4n) is 2.71. The van der Waals surface area contributed by atoms with Gasteiger partial charge in [-0.2, -0.15) is 0 Å². The number of carbonyl (C=O) groups is 2. The Morgan fingerprint density at radius 3 is 2.75 bits per heavy atom. The first-order valence-electron chi connectivity index (χ1n) is 8.27. The maximum Gasteiger partial charge on any atom is 0.416 e. The summed E-state index contributed by atoms with van der Waals surface area (Å²) >= 11 is 0. The lowest BCUT2D eigenvalue weighted by Crippen LogP contribution is -2.45. The van der Waals surface area contributed by atoms with Crippen molar-refractivity contribution >= 4 is 12.0 Å². The van der Waals surface area contributed by atoms with Gasteiger partial charge < -0.3 is 9.47 Å². The lowest BCUT2D eigenvalue weighted by atomic mass is 10.00. The summed E-state index contributed by atoms with van der Waals surface area (Å²) in [6.07, 6.45) is 1.58. The molecule has 2 rings (SSSR count). The van der Waals surface area contributed by atoms with Gasteiger partial charge in [-0.25, -0.2) is 9.69 Å². The van der Waals surface area contributed by atoms with Crippen molar-refractivity contribution in [2.75, 3.05) is 13.2 Å². The average molecular weight is 331 g/mol. The van der Waals surface area contributed by atoms with Gasteiger partial charge in [-0.05, 0) is 17.9 Å². The van der Waals surface area contributed by atoms with Crippen molar-refractivity contribution in [3.63, 3.8) is 0 Å². The molecule has 1 aliphatic heterocycles. The van der Waals surface area contributed by atoms with E-state index in [0.29, 0.717) is 13.0 Å². The van der Waals surface area contributed by atoms with Crippen LogP contribution in [0.15, 0.2) is 43.0 Å². The third kappa shape index (κ3) is 4.45. The van der Waals surface area contributed by atoms with E-state index in [9.17, 15) is 9.59 Å². The lowest BCUT2D eigenvalue weighted by molar-refractivity contribution is -0.136. The molecule has 0 saturated carbocycles. The normalized spacial score (nSPS) is 18.5. The van der Waals surface area contributed by atoms with Crippen molar-refractivity contribution in [2.45, 2.75) is 32.9 Å². The second-order valence-electron chi connectivity index (χ2n) is 6.32. The van der Waals surface area contributed by atoms with Gasteiger partial charge in [0.05, 0.1) is 25.2 Å². The standard InChI is InChI=1S/C19H25NO4/c1-4-8-16(12-23-11-15-9-6-5-7-10-15)18(21)20-17(14(2)3)13-24-19(20)22/h4-7,9-10,14,16-17H,1,8,11-13H2,2-3H3/t16-,17?/m1/s1. The van der Waals surface area contributed by atoms with Crippen molar-refractivity contribution in [3.8, 4) is 0 Å². The number of rotatable bonds is 8. The summed E-state index contributed by atoms with van der Waals surface area (Å²) in [6.45, 7) is 8.59. The van der Waals surface area contributed by atoms with Gasteiger partial charge in [-0.1, -0.05) is 50.3 Å². The molecule has 1 aliphatic rings. The molecule has 5 heteroatoms. The van der Waals surface area contributed by atoms with E-state index in [4.69, 9.17) is 9.47 Å². The third-order valence-electron chi connectivity index (χ3n) is 4.14. The number of amides is 2. The molecule has 2 amide bonds. The summed E-state index contributed by atoms with van der Waals surface area (Å²) in [5, 5.41) is 0. The molecular weight excluding hydrogens is 306 g/mol. The van der Waals surface area contributed by atoms with Crippen LogP contribution >= 0.6 is 0 Å². The van der Waals surface area contributed by atoms with Crippen molar-refractivity contribution in [1.82, 2.24) is 4.90 Å². The predicted octanol–water partition coefficient (Wildman–Crippen LogP) is 3.40. The molecule has 0 radical (unpaired) electrons. The van der Waals surface area contributed by atoms with Crippen molar-refractivity contribution in [2.24, 2.45) is 11.8 Å². The smallest absolute Gasteiger partial charge is 0.416 e. The number of carbonyl (C=O) groups excluding carboxylic acids is 2. The summed E-state index contributed by atoms with van der Waals surface area (Å²) in [7, 11) is 0. The Kier molecular flexibility index (Phi) is 6.55. The first-order valence-corrected chi connectivity index (χ1v) is 8.27. The molecule has 0 aromatic heterocycles. The second-order valence-corrected chi connectivity index (χ2v) is 6.32. The summed E-state index contributed by atoms with van der Waals surface area (Å²) in [6, 6.07) is 9.55. The maximum absolute atomic E-state index is 12.8. The quantitative estimate of drug-likeness (QED) is 0.685. The molecule has 0 N–H and O–H groups in total. The SMILES string of the molecule is C=CC[C@H](COCc1ccccc1)C(=O)N1C(=O)OCC1C(C)C. The zero-order chi connectivity index (χ0) is 17.5. The molecule has 0 aliphatic carbocycles. The Morgan fingerprint density at radius 1 is 1.42 bits per heavy atom. The molecule has 2 atom stereocenters. The van der Waals surface area contributed by atoms with Crippen molar-refractivity contribution < 1.29 is 19.1 Å². The Bertz CT molecular complexity index is 570. The molecule has 1 aromatic rings. The monoisotopic (exact) mass is 331 g/mol. The van der Waals surface area contributed by atoms with E-state index in [1.165, 1.54) is 4.90 Å². The number of benzene rings is 1. The van der Waals surface area contributed by atoms with Crippen LogP contribution < -0.4 is 0 Å². The van der Waals surface area contributed by atoms with E-state index in [1.54, 1.807) is 6.08 Å². The zero-order valence-corrected chi connectivity index (χ0v) is 14.3. The highest BCUT2D eigenvalue weighted by Crippen LogP contribution is 2.23. The van der Waals surface area contributed by atoms with Crippen LogP contribution in [-0.4, -0.2) is 36.2 Å². The summed E-state index contributed by atoms with van der Waals surface area (Å²) < 4.78 is 10.8. The number of cyclic esters (lactones) is 1. The van der Waals surface area contributed by atoms with Crippen LogP contribution in [0.3, 0.4) is 0 Å². The predicted molar refractivity (Wildman–Crippen MR) is 91.2 cm³/mol. The fraction of sp³-hybridized carbons (Fsp3) is 0.474. The van der Waals surface area contributed by atoms with Crippen LogP contribution in [0.5, 0.6) is 0 Å². The first-order chi connectivity index (χ1) is 11.5. The zero-order valence-electron chi connectivity index (χ0n) is 14.3. The highest BCUT2D eigenvalue weighted by molar-refractivity contribution is 5.95. The summed E-state index contributed by atoms with van der Waals surface area (Å²) in [5.41, 5.74) is 1.04. The number of hydrogen-bond donors (Lipinski definition) is 0. The van der Waals surface area contributed by atoms with Gasteiger partial charge in [-0.15, -0.1) is 6.58 Å². The summed E-state index contributed by atoms with van der Waals surface area (Å²) in [5.74, 6) is -0.530. The minimum Gasteiger partial charge on any atom is -0.447 e. The number of allylic oxidation sites excluding steroid dienone is 1. The van der Waals surface area contributed by atoms with Crippen LogP contribution in [0, 0.1) is 11.8 Å². The van der Waals surface area contributed by atoms with E-state index in [1.807, 2.05) is 44.2 Å². The van der Waals surface area contributed by atoms with Crippen molar-refractivity contribution in [3.05, 3.63) is 48.6 Å². The minimum absolute atomic E-state index is 0.148. The van der Waals surface area contributed by atoms with E-state index >= 15 is 0 Å². The van der Waals surface area contributed by atoms with E-state index in [0.717, 1.165) is 5.56 Å². The topological polar surface area (TPSA) is 55.8 Å². The van der Waals surface area contributed by atoms with Crippen molar-refractivity contribution in [1.29, 1.82) is 0 Å². The molecular formula is C19H25NO4. The molecule has 1 heterocycles. The fourth-order valence-corrected chi connectivity index (χ4v) is 2.71. The van der Waals surface area contributed by atoms with Gasteiger partial charge in [-0.3, -0.25) is 4.79 Å². The Morgan fingerprint density at radius 2 is 2.12 bits per heavy atom. The molecule has 0 bridgehead atoms. The van der Waals surface area contributed by atoms with Crippen LogP contribution in [0.4, 0.5) is 4.79 Å². The van der Waals surface area contributed by atoms with E-state index < -0.39 is 12.0 Å². The molecule has 5 nitrogen and oxygen atoms in total. The average Bonchev–Trinajstić information content (AvgIpc) is 2.96. The van der Waals surface area contributed by atoms with Crippen LogP contribution in [0.25, 0.3) is 0 Å². The highest BCUT2D eigenvalue weighted by Gasteiger charge is 2.41. The van der Waals surface area contributed by atoms with Crippen LogP contribution in [-0.2, 0) is 20.9 Å². The first kappa shape index (κ1) is 18.2. The molecule has 1 saturated heterocycles. The van der Waals surface area contributed by atoms with Crippen LogP contribution in [0.2, 0.25) is 0 Å².